The van der Waals surface area contributed by atoms with Crippen LogP contribution in [0.2, 0.25) is 0 Å². The van der Waals surface area contributed by atoms with Crippen molar-refractivity contribution in [1.29, 1.82) is 0 Å². The molecule has 552 valence electrons. The Morgan fingerprint density at radius 3 is 0.817 bits per heavy atom. The summed E-state index contributed by atoms with van der Waals surface area (Å²) in [6.07, 6.45) is 49.9. The highest BCUT2D eigenvalue weighted by molar-refractivity contribution is 7.47. The van der Waals surface area contributed by atoms with Crippen molar-refractivity contribution in [2.24, 2.45) is 17.8 Å². The van der Waals surface area contributed by atoms with Crippen LogP contribution in [0.15, 0.2) is 0 Å². The van der Waals surface area contributed by atoms with Crippen LogP contribution in [0.25, 0.3) is 0 Å². The first-order valence-electron chi connectivity index (χ1n) is 38.4. The predicted molar refractivity (Wildman–Crippen MR) is 377 cm³/mol. The summed E-state index contributed by atoms with van der Waals surface area (Å²) in [6.45, 7) is 11.9. The van der Waals surface area contributed by atoms with E-state index in [1.165, 1.54) is 180 Å². The molecule has 0 rings (SSSR count). The molecule has 0 saturated carbocycles. The average Bonchev–Trinajstić information content (AvgIpc) is 2.29. The molecular weight excluding hydrogens is 1220 g/mol. The monoisotopic (exact) mass is 1370 g/mol. The highest BCUT2D eigenvalue weighted by Crippen LogP contribution is 2.45. The molecule has 0 saturated heterocycles. The number of aliphatic hydroxyl groups is 1. The maximum atomic E-state index is 13.1. The van der Waals surface area contributed by atoms with E-state index in [-0.39, 0.29) is 25.7 Å². The third-order valence-electron chi connectivity index (χ3n) is 17.5. The van der Waals surface area contributed by atoms with Gasteiger partial charge in [-0.2, -0.15) is 0 Å². The lowest BCUT2D eigenvalue weighted by atomic mass is 10.00. The maximum absolute atomic E-state index is 13.1. The molecule has 0 spiro atoms. The van der Waals surface area contributed by atoms with Gasteiger partial charge in [0.1, 0.15) is 19.3 Å². The van der Waals surface area contributed by atoms with Crippen molar-refractivity contribution in [3.63, 3.8) is 0 Å². The van der Waals surface area contributed by atoms with Gasteiger partial charge in [-0.25, -0.2) is 9.13 Å². The molecule has 0 fully saturated rings. The summed E-state index contributed by atoms with van der Waals surface area (Å²) >= 11 is 0. The van der Waals surface area contributed by atoms with Crippen LogP contribution < -0.4 is 0 Å². The molecule has 0 aliphatic carbocycles. The lowest BCUT2D eigenvalue weighted by Crippen LogP contribution is -2.30. The molecule has 0 aliphatic rings. The molecule has 3 N–H and O–H groups in total. The minimum absolute atomic E-state index is 0.105. The third-order valence-corrected chi connectivity index (χ3v) is 19.4. The van der Waals surface area contributed by atoms with Crippen molar-refractivity contribution in [3.05, 3.63) is 0 Å². The lowest BCUT2D eigenvalue weighted by molar-refractivity contribution is -0.161. The first-order valence-corrected chi connectivity index (χ1v) is 41.4. The summed E-state index contributed by atoms with van der Waals surface area (Å²) in [7, 11) is -9.91. The highest BCUT2D eigenvalue weighted by Gasteiger charge is 2.30. The zero-order valence-electron chi connectivity index (χ0n) is 60.7. The van der Waals surface area contributed by atoms with E-state index in [1.54, 1.807) is 0 Å². The molecule has 0 heterocycles. The molecule has 19 heteroatoms. The van der Waals surface area contributed by atoms with Gasteiger partial charge in [0.25, 0.3) is 0 Å². The molecule has 0 aromatic rings. The normalized spacial score (nSPS) is 14.4. The Labute approximate surface area is 568 Å². The molecule has 17 nitrogen and oxygen atoms in total. The molecule has 3 unspecified atom stereocenters. The van der Waals surface area contributed by atoms with E-state index in [9.17, 15) is 43.2 Å². The summed E-state index contributed by atoms with van der Waals surface area (Å²) in [6, 6.07) is 0. The molecule has 6 atom stereocenters. The van der Waals surface area contributed by atoms with Crippen LogP contribution in [0.5, 0.6) is 0 Å². The largest absolute Gasteiger partial charge is 0.472 e. The Morgan fingerprint density at radius 2 is 0.548 bits per heavy atom. The van der Waals surface area contributed by atoms with Crippen molar-refractivity contribution in [2.45, 2.75) is 394 Å². The smallest absolute Gasteiger partial charge is 0.462 e. The molecule has 0 aliphatic heterocycles. The lowest BCUT2D eigenvalue weighted by Gasteiger charge is -2.21. The molecule has 93 heavy (non-hydrogen) atoms. The van der Waals surface area contributed by atoms with Crippen LogP contribution in [0.1, 0.15) is 376 Å². The van der Waals surface area contributed by atoms with Crippen LogP contribution in [0.3, 0.4) is 0 Å². The van der Waals surface area contributed by atoms with Crippen molar-refractivity contribution in [1.82, 2.24) is 0 Å². The standard InChI is InChI=1S/C74H144O17P2/c1-8-10-11-12-13-14-15-16-19-22-28-33-41-48-55-71(76)84-61-69(90-73(78)57-50-43-34-29-23-20-17-18-21-26-31-38-45-52-65(3)4)63-88-92(80,81)86-59-68(75)60-87-93(82,83)89-64-70(62-85-72(77)56-49-42-37-36-40-47-54-67(7)9-2)91-74(79)58-51-44-35-30-25-24-27-32-39-46-53-66(5)6/h65-70,75H,8-64H2,1-7H3,(H,80,81)(H,82,83)/t67?,68-,69-,70-/m1/s1. The van der Waals surface area contributed by atoms with Crippen LogP contribution >= 0.6 is 15.6 Å². The summed E-state index contributed by atoms with van der Waals surface area (Å²) < 4.78 is 68.5. The Kier molecular flexibility index (Phi) is 63.4. The van der Waals surface area contributed by atoms with E-state index in [0.717, 1.165) is 114 Å². The summed E-state index contributed by atoms with van der Waals surface area (Å²) in [4.78, 5) is 72.7. The summed E-state index contributed by atoms with van der Waals surface area (Å²) in [5.41, 5.74) is 0. The van der Waals surface area contributed by atoms with E-state index in [1.807, 2.05) is 0 Å². The van der Waals surface area contributed by atoms with Gasteiger partial charge in [-0.15, -0.1) is 0 Å². The van der Waals surface area contributed by atoms with Gasteiger partial charge in [-0.1, -0.05) is 325 Å². The van der Waals surface area contributed by atoms with Crippen molar-refractivity contribution in [3.8, 4) is 0 Å². The van der Waals surface area contributed by atoms with Crippen LogP contribution in [0.4, 0.5) is 0 Å². The number of hydrogen-bond donors (Lipinski definition) is 3. The van der Waals surface area contributed by atoms with Gasteiger partial charge in [0, 0.05) is 25.7 Å². The molecule has 0 aromatic carbocycles. The number of phosphoric ester groups is 2. The van der Waals surface area contributed by atoms with Crippen molar-refractivity contribution in [2.75, 3.05) is 39.6 Å². The van der Waals surface area contributed by atoms with E-state index >= 15 is 0 Å². The third kappa shape index (κ3) is 67.0. The molecule has 0 radical (unpaired) electrons. The van der Waals surface area contributed by atoms with E-state index < -0.39 is 97.5 Å². The molecule has 0 amide bonds. The molecule has 0 bridgehead atoms. The first kappa shape index (κ1) is 91.1. The van der Waals surface area contributed by atoms with Crippen LogP contribution in [0, 0.1) is 17.8 Å². The fraction of sp³-hybridized carbons (Fsp3) is 0.946. The van der Waals surface area contributed by atoms with Gasteiger partial charge in [-0.05, 0) is 43.4 Å². The number of ether oxygens (including phenoxy) is 4. The number of rotatable bonds is 72. The Hall–Kier alpha value is -1.94. The molecule has 0 aromatic heterocycles. The fourth-order valence-corrected chi connectivity index (χ4v) is 12.8. The number of carbonyl (C=O) groups is 4. The van der Waals surface area contributed by atoms with E-state index in [4.69, 9.17) is 37.0 Å². The number of phosphoric acid groups is 2. The van der Waals surface area contributed by atoms with Gasteiger partial charge in [0.15, 0.2) is 12.2 Å². The number of carbonyl (C=O) groups excluding carboxylic acids is 4. The van der Waals surface area contributed by atoms with Gasteiger partial charge >= 0.3 is 39.5 Å². The maximum Gasteiger partial charge on any atom is 0.472 e. The van der Waals surface area contributed by atoms with Crippen molar-refractivity contribution < 1.29 is 80.2 Å². The average molecular weight is 1370 g/mol. The quantitative estimate of drug-likeness (QED) is 0.0222. The minimum atomic E-state index is -4.96. The van der Waals surface area contributed by atoms with Gasteiger partial charge in [0.05, 0.1) is 26.4 Å². The zero-order chi connectivity index (χ0) is 68.7. The summed E-state index contributed by atoms with van der Waals surface area (Å²) in [5, 5.41) is 10.6. The van der Waals surface area contributed by atoms with Gasteiger partial charge < -0.3 is 33.8 Å². The van der Waals surface area contributed by atoms with Gasteiger partial charge in [-0.3, -0.25) is 37.3 Å². The SMILES string of the molecule is CCCCCCCCCCCCCCCCC(=O)OC[C@H](COP(=O)(O)OC[C@@H](O)COP(=O)(O)OC[C@@H](COC(=O)CCCCCCCCC(C)CC)OC(=O)CCCCCCCCCCCCC(C)C)OC(=O)CCCCCCCCCCCCCCCC(C)C. The second-order valence-electron chi connectivity index (χ2n) is 27.9. The first-order chi connectivity index (χ1) is 44.8. The second kappa shape index (κ2) is 64.7. The fourth-order valence-electron chi connectivity index (χ4n) is 11.2. The number of unbranched alkanes of at least 4 members (excludes halogenated alkanes) is 39. The summed E-state index contributed by atoms with van der Waals surface area (Å²) in [5.74, 6) is 0.149. The van der Waals surface area contributed by atoms with E-state index in [0.29, 0.717) is 25.7 Å². The Balaban J connectivity index is 5.26. The van der Waals surface area contributed by atoms with E-state index in [2.05, 4.69) is 48.5 Å². The predicted octanol–water partition coefficient (Wildman–Crippen LogP) is 21.4. The number of esters is 4. The van der Waals surface area contributed by atoms with Gasteiger partial charge in [0.2, 0.25) is 0 Å². The zero-order valence-corrected chi connectivity index (χ0v) is 62.5. The minimum Gasteiger partial charge on any atom is -0.462 e. The second-order valence-corrected chi connectivity index (χ2v) is 30.8. The topological polar surface area (TPSA) is 237 Å². The Bertz CT molecular complexity index is 1820. The van der Waals surface area contributed by atoms with Crippen LogP contribution in [-0.2, 0) is 65.4 Å². The number of hydrogen-bond acceptors (Lipinski definition) is 15. The Morgan fingerprint density at radius 1 is 0.312 bits per heavy atom. The van der Waals surface area contributed by atoms with Crippen LogP contribution in [-0.4, -0.2) is 96.7 Å². The van der Waals surface area contributed by atoms with Crippen molar-refractivity contribution >= 4 is 39.5 Å². The number of aliphatic hydroxyl groups excluding tert-OH is 1. The highest BCUT2D eigenvalue weighted by atomic mass is 31.2. The molecular formula is C74H144O17P2.